The number of phenolic OH excluding ortho intramolecular Hbond substituents is 1. The van der Waals surface area contributed by atoms with E-state index in [4.69, 9.17) is 23.5 Å². The molecule has 0 aliphatic carbocycles. The number of nitrogens with zero attached hydrogens (tertiary/aromatic N) is 1. The second kappa shape index (κ2) is 17.5. The van der Waals surface area contributed by atoms with Gasteiger partial charge in [-0.2, -0.15) is 4.73 Å². The number of aromatic nitrogens is 2. The number of fused-ring (bicyclic) bond motifs is 2. The predicted octanol–water partition coefficient (Wildman–Crippen LogP) is 2.34. The largest absolute Gasteiger partial charge is 0.508 e. The first kappa shape index (κ1) is 43.4. The number of carboxylic acid groups (broad SMARTS) is 1. The Hall–Kier alpha value is -6.25. The zero-order chi connectivity index (χ0) is 44.7. The summed E-state index contributed by atoms with van der Waals surface area (Å²) >= 11 is 0. The number of carbonyl (C=O) groups is 2. The van der Waals surface area contributed by atoms with Gasteiger partial charge in [0.1, 0.15) is 47.9 Å². The normalized spacial score (nSPS) is 24.1. The van der Waals surface area contributed by atoms with Crippen molar-refractivity contribution in [2.45, 2.75) is 69.2 Å². The Morgan fingerprint density at radius 3 is 2.43 bits per heavy atom. The topological polar surface area (TPSA) is 276 Å². The molecule has 6 aromatic rings. The quantitative estimate of drug-likeness (QED) is 0.0458. The summed E-state index contributed by atoms with van der Waals surface area (Å²) in [7, 11) is 0. The van der Waals surface area contributed by atoms with Crippen LogP contribution in [-0.4, -0.2) is 120 Å². The Morgan fingerprint density at radius 2 is 1.73 bits per heavy atom. The Balaban J connectivity index is 1.16. The van der Waals surface area contributed by atoms with Crippen molar-refractivity contribution < 1.29 is 68.8 Å². The minimum Gasteiger partial charge on any atom is -0.508 e. The Labute approximate surface area is 358 Å². The van der Waals surface area contributed by atoms with E-state index in [2.05, 4.69) is 10.3 Å². The number of aryl methyl sites for hydroxylation is 2. The molecular formula is C45H47N3O15. The molecule has 3 aromatic carbocycles. The highest BCUT2D eigenvalue weighted by Gasteiger charge is 2.58. The summed E-state index contributed by atoms with van der Waals surface area (Å²) in [6.45, 7) is 2.30. The molecule has 18 heteroatoms. The number of nitrogens with one attached hydrogen (secondary N) is 2. The van der Waals surface area contributed by atoms with Crippen LogP contribution in [0.1, 0.15) is 24.0 Å². The minimum absolute atomic E-state index is 0.0154. The van der Waals surface area contributed by atoms with E-state index in [-0.39, 0.29) is 28.0 Å². The molecule has 18 nitrogen and oxygen atoms in total. The molecule has 0 amide bonds. The summed E-state index contributed by atoms with van der Waals surface area (Å²) in [5.41, 5.74) is 4.21. The SMILES string of the molecule is Cc1cc(C)cc(-c2c3[nH]ccc3cn2O[C@@H]2[C@@H](Oc3ccc4c(=O)c(-c5ccc(O)cc5)coc4c3)O[C@@H]([C@@](O)(CO)OC(=O)[C@H](C(=O)O)[C@H]3NCCC[C@@H]3CO)[C@H](O)[C@H]2O)c1. The van der Waals surface area contributed by atoms with Crippen LogP contribution in [0.25, 0.3) is 44.3 Å². The first-order chi connectivity index (χ1) is 30.2. The zero-order valence-corrected chi connectivity index (χ0v) is 34.1. The van der Waals surface area contributed by atoms with Gasteiger partial charge in [-0.3, -0.25) is 14.4 Å². The molecule has 2 saturated heterocycles. The summed E-state index contributed by atoms with van der Waals surface area (Å²) in [5, 5.41) is 79.6. The van der Waals surface area contributed by atoms with Gasteiger partial charge in [0.25, 0.3) is 5.79 Å². The molecule has 5 heterocycles. The van der Waals surface area contributed by atoms with Crippen molar-refractivity contribution in [3.8, 4) is 33.9 Å². The monoisotopic (exact) mass is 869 g/mol. The van der Waals surface area contributed by atoms with Gasteiger partial charge in [-0.25, -0.2) is 0 Å². The maximum Gasteiger partial charge on any atom is 0.324 e. The lowest BCUT2D eigenvalue weighted by molar-refractivity contribution is -0.356. The lowest BCUT2D eigenvalue weighted by atomic mass is 9.83. The maximum absolute atomic E-state index is 13.7. The van der Waals surface area contributed by atoms with Gasteiger partial charge in [0.2, 0.25) is 12.4 Å². The predicted molar refractivity (Wildman–Crippen MR) is 223 cm³/mol. The fraction of sp³-hybridized carbons (Fsp3) is 0.356. The highest BCUT2D eigenvalue weighted by Crippen LogP contribution is 2.36. The van der Waals surface area contributed by atoms with Gasteiger partial charge in [0, 0.05) is 35.9 Å². The third-order valence-corrected chi connectivity index (χ3v) is 11.6. The number of piperidine rings is 1. The van der Waals surface area contributed by atoms with Crippen molar-refractivity contribution in [2.75, 3.05) is 19.8 Å². The van der Waals surface area contributed by atoms with Crippen molar-refractivity contribution in [3.05, 3.63) is 107 Å². The van der Waals surface area contributed by atoms with Gasteiger partial charge in [-0.15, -0.1) is 0 Å². The van der Waals surface area contributed by atoms with Crippen molar-refractivity contribution in [1.82, 2.24) is 15.0 Å². The molecule has 3 aromatic heterocycles. The number of esters is 1. The van der Waals surface area contributed by atoms with Gasteiger partial charge in [-0.05, 0) is 87.2 Å². The molecule has 2 aliphatic rings. The number of hydrogen-bond acceptors (Lipinski definition) is 15. The Bertz CT molecular complexity index is 2670. The molecule has 0 saturated carbocycles. The maximum atomic E-state index is 13.7. The van der Waals surface area contributed by atoms with Gasteiger partial charge in [0.15, 0.2) is 17.5 Å². The number of aliphatic hydroxyl groups is 5. The van der Waals surface area contributed by atoms with Crippen LogP contribution in [0.15, 0.2) is 94.6 Å². The molecule has 2 fully saturated rings. The second-order valence-corrected chi connectivity index (χ2v) is 16.1. The molecule has 0 spiro atoms. The van der Waals surface area contributed by atoms with Crippen LogP contribution < -0.4 is 20.3 Å². The van der Waals surface area contributed by atoms with Gasteiger partial charge >= 0.3 is 11.9 Å². The molecule has 9 N–H and O–H groups in total. The van der Waals surface area contributed by atoms with Crippen LogP contribution in [0.3, 0.4) is 0 Å². The van der Waals surface area contributed by atoms with Gasteiger partial charge < -0.3 is 69.5 Å². The first-order valence-corrected chi connectivity index (χ1v) is 20.3. The van der Waals surface area contributed by atoms with Gasteiger partial charge in [-0.1, -0.05) is 29.3 Å². The fourth-order valence-corrected chi connectivity index (χ4v) is 8.56. The van der Waals surface area contributed by atoms with Crippen LogP contribution in [0.5, 0.6) is 11.5 Å². The molecule has 332 valence electrons. The number of carboxylic acids is 1. The van der Waals surface area contributed by atoms with E-state index in [1.165, 1.54) is 41.3 Å². The van der Waals surface area contributed by atoms with Crippen LogP contribution in [0, 0.1) is 25.7 Å². The van der Waals surface area contributed by atoms with E-state index in [1.807, 2.05) is 32.0 Å². The Kier molecular flexibility index (Phi) is 12.0. The smallest absolute Gasteiger partial charge is 0.324 e. The zero-order valence-electron chi connectivity index (χ0n) is 34.1. The number of rotatable bonds is 13. The average Bonchev–Trinajstić information content (AvgIpc) is 3.85. The average molecular weight is 870 g/mol. The number of carbonyl (C=O) groups excluding carboxylic acids is 1. The fourth-order valence-electron chi connectivity index (χ4n) is 8.56. The minimum atomic E-state index is -3.18. The van der Waals surface area contributed by atoms with E-state index in [1.54, 1.807) is 30.6 Å². The molecule has 8 rings (SSSR count). The molecular weight excluding hydrogens is 823 g/mol. The van der Waals surface area contributed by atoms with E-state index < -0.39 is 85.0 Å². The highest BCUT2D eigenvalue weighted by molar-refractivity contribution is 5.95. The van der Waals surface area contributed by atoms with Gasteiger partial charge in [0.05, 0.1) is 22.7 Å². The third-order valence-electron chi connectivity index (χ3n) is 11.6. The molecule has 0 radical (unpaired) electrons. The summed E-state index contributed by atoms with van der Waals surface area (Å²) in [6, 6.07) is 16.7. The third kappa shape index (κ3) is 8.37. The van der Waals surface area contributed by atoms with E-state index >= 15 is 0 Å². The number of aliphatic carboxylic acids is 1. The molecule has 0 bridgehead atoms. The lowest BCUT2D eigenvalue weighted by Crippen LogP contribution is -2.69. The first-order valence-electron chi connectivity index (χ1n) is 20.3. The number of aliphatic hydroxyl groups excluding tert-OH is 4. The standard InChI is InChI=1S/C45H47N3O15/c1-22-14-23(2)16-27(15-22)36-35-25(11-13-47-35)18-48(36)63-40-38(53)39(54)41(45(58,21-50)62-43(57)33(42(55)56)34-26(19-49)4-3-12-46-34)61-44(40)60-29-9-10-30-32(17-29)59-20-31(37(30)52)24-5-7-28(51)8-6-24/h5-11,13-18,20,26,33-34,38-41,44,46-47,49-51,53-54,58H,3-4,12,19,21H2,1-2H3,(H,55,56)/t26-,33+,34+,38-,39-,40+,41-,44+,45-/m1/s1. The number of phenols is 1. The van der Waals surface area contributed by atoms with E-state index in [0.717, 1.165) is 16.7 Å². The number of H-pyrrole nitrogens is 1. The summed E-state index contributed by atoms with van der Waals surface area (Å²) in [4.78, 5) is 49.4. The van der Waals surface area contributed by atoms with Crippen LogP contribution in [0.2, 0.25) is 0 Å². The number of aromatic amines is 1. The Morgan fingerprint density at radius 1 is 0.984 bits per heavy atom. The van der Waals surface area contributed by atoms with Crippen molar-refractivity contribution >= 4 is 33.8 Å². The van der Waals surface area contributed by atoms with Crippen LogP contribution in [0.4, 0.5) is 0 Å². The summed E-state index contributed by atoms with van der Waals surface area (Å²) in [6.07, 6.45) is -4.26. The molecule has 0 unspecified atom stereocenters. The van der Waals surface area contributed by atoms with Crippen molar-refractivity contribution in [2.24, 2.45) is 11.8 Å². The number of hydrogen-bond donors (Lipinski definition) is 9. The molecule has 2 aliphatic heterocycles. The summed E-state index contributed by atoms with van der Waals surface area (Å²) in [5.74, 6) is -8.99. The lowest BCUT2D eigenvalue weighted by Gasteiger charge is -2.46. The van der Waals surface area contributed by atoms with E-state index in [9.17, 15) is 50.1 Å². The second-order valence-electron chi connectivity index (χ2n) is 16.1. The molecule has 63 heavy (non-hydrogen) atoms. The highest BCUT2D eigenvalue weighted by atomic mass is 16.8. The number of aromatic hydroxyl groups is 1. The molecule has 9 atom stereocenters. The summed E-state index contributed by atoms with van der Waals surface area (Å²) < 4.78 is 24.9. The van der Waals surface area contributed by atoms with Crippen LogP contribution in [-0.2, 0) is 19.1 Å². The van der Waals surface area contributed by atoms with Crippen molar-refractivity contribution in [3.63, 3.8) is 0 Å². The number of benzene rings is 3. The van der Waals surface area contributed by atoms with E-state index in [0.29, 0.717) is 41.5 Å². The van der Waals surface area contributed by atoms with Crippen LogP contribution >= 0.6 is 0 Å². The van der Waals surface area contributed by atoms with Crippen molar-refractivity contribution in [1.29, 1.82) is 0 Å². The number of ether oxygens (including phenoxy) is 3.